The first-order valence-electron chi connectivity index (χ1n) is 7.26. The zero-order chi connectivity index (χ0) is 14.5. The molecule has 0 aliphatic heterocycles. The molecule has 0 amide bonds. The van der Waals surface area contributed by atoms with E-state index in [0.29, 0.717) is 35.6 Å². The molecule has 0 saturated heterocycles. The summed E-state index contributed by atoms with van der Waals surface area (Å²) in [6, 6.07) is 0. The van der Waals surface area contributed by atoms with Crippen molar-refractivity contribution >= 4 is 17.3 Å². The van der Waals surface area contributed by atoms with E-state index in [4.69, 9.17) is 16.7 Å². The molecule has 1 aliphatic rings. The first kappa shape index (κ1) is 15.3. The monoisotopic (exact) mass is 299 g/mol. The minimum atomic E-state index is -0.150. The molecule has 0 bridgehead atoms. The van der Waals surface area contributed by atoms with Crippen LogP contribution in [0.1, 0.15) is 32.6 Å². The molecule has 1 saturated carbocycles. The third-order valence-corrected chi connectivity index (χ3v) is 4.09. The zero-order valence-electron chi connectivity index (χ0n) is 11.8. The van der Waals surface area contributed by atoms with Gasteiger partial charge in [0.05, 0.1) is 11.2 Å². The SMILES string of the molecule is CCC(CCO)CNc1c(Cl)cnn(CC2CC2)c1=O. The van der Waals surface area contributed by atoms with E-state index in [1.54, 1.807) is 0 Å². The fourth-order valence-electron chi connectivity index (χ4n) is 2.18. The van der Waals surface area contributed by atoms with Gasteiger partial charge in [0, 0.05) is 19.7 Å². The number of aliphatic hydroxyl groups is 1. The van der Waals surface area contributed by atoms with Gasteiger partial charge in [0.15, 0.2) is 0 Å². The smallest absolute Gasteiger partial charge is 0.291 e. The molecule has 1 aromatic heterocycles. The molecule has 6 heteroatoms. The van der Waals surface area contributed by atoms with Crippen LogP contribution < -0.4 is 10.9 Å². The Labute approximate surface area is 124 Å². The summed E-state index contributed by atoms with van der Waals surface area (Å²) in [4.78, 5) is 12.3. The summed E-state index contributed by atoms with van der Waals surface area (Å²) in [6.07, 6.45) is 5.55. The van der Waals surface area contributed by atoms with E-state index in [1.807, 2.05) is 0 Å². The van der Waals surface area contributed by atoms with E-state index in [1.165, 1.54) is 23.7 Å². The van der Waals surface area contributed by atoms with Crippen molar-refractivity contribution in [1.29, 1.82) is 0 Å². The number of halogens is 1. The number of rotatable bonds is 8. The highest BCUT2D eigenvalue weighted by Crippen LogP contribution is 2.30. The number of nitrogens with zero attached hydrogens (tertiary/aromatic N) is 2. The Kier molecular flexibility index (Phi) is 5.43. The Bertz CT molecular complexity index is 500. The number of nitrogens with one attached hydrogen (secondary N) is 1. The van der Waals surface area contributed by atoms with Crippen LogP contribution in [0.3, 0.4) is 0 Å². The van der Waals surface area contributed by atoms with Crippen LogP contribution in [0.2, 0.25) is 5.02 Å². The van der Waals surface area contributed by atoms with Gasteiger partial charge in [-0.15, -0.1) is 0 Å². The lowest BCUT2D eigenvalue weighted by molar-refractivity contribution is 0.258. The predicted molar refractivity (Wildman–Crippen MR) is 80.2 cm³/mol. The summed E-state index contributed by atoms with van der Waals surface area (Å²) < 4.78 is 1.50. The van der Waals surface area contributed by atoms with Gasteiger partial charge in [-0.3, -0.25) is 4.79 Å². The highest BCUT2D eigenvalue weighted by atomic mass is 35.5. The van der Waals surface area contributed by atoms with Gasteiger partial charge in [0.2, 0.25) is 0 Å². The maximum Gasteiger partial charge on any atom is 0.291 e. The molecular formula is C14H22ClN3O2. The Morgan fingerprint density at radius 1 is 1.60 bits per heavy atom. The summed E-state index contributed by atoms with van der Waals surface area (Å²) >= 11 is 6.07. The van der Waals surface area contributed by atoms with E-state index in [9.17, 15) is 4.79 Å². The van der Waals surface area contributed by atoms with Gasteiger partial charge in [-0.05, 0) is 31.1 Å². The fourth-order valence-corrected chi connectivity index (χ4v) is 2.37. The van der Waals surface area contributed by atoms with E-state index in [0.717, 1.165) is 12.8 Å². The molecule has 5 nitrogen and oxygen atoms in total. The molecule has 2 rings (SSSR count). The molecule has 1 aliphatic carbocycles. The predicted octanol–water partition coefficient (Wildman–Crippen LogP) is 2.13. The molecule has 0 aromatic carbocycles. The van der Waals surface area contributed by atoms with Crippen LogP contribution >= 0.6 is 11.6 Å². The van der Waals surface area contributed by atoms with E-state index in [-0.39, 0.29) is 12.2 Å². The van der Waals surface area contributed by atoms with Crippen molar-refractivity contribution < 1.29 is 5.11 Å². The Morgan fingerprint density at radius 3 is 2.95 bits per heavy atom. The Balaban J connectivity index is 2.07. The third-order valence-electron chi connectivity index (χ3n) is 3.81. The quantitative estimate of drug-likeness (QED) is 0.772. The van der Waals surface area contributed by atoms with Crippen LogP contribution in [-0.4, -0.2) is 28.0 Å². The van der Waals surface area contributed by atoms with E-state index < -0.39 is 0 Å². The minimum Gasteiger partial charge on any atom is -0.396 e. The maximum atomic E-state index is 12.3. The van der Waals surface area contributed by atoms with Crippen molar-refractivity contribution in [2.45, 2.75) is 39.2 Å². The Hall–Kier alpha value is -1.07. The molecule has 0 radical (unpaired) electrons. The van der Waals surface area contributed by atoms with Crippen molar-refractivity contribution in [2.75, 3.05) is 18.5 Å². The van der Waals surface area contributed by atoms with Gasteiger partial charge < -0.3 is 10.4 Å². The number of aromatic nitrogens is 2. The molecule has 1 atom stereocenters. The molecule has 1 unspecified atom stereocenters. The molecule has 2 N–H and O–H groups in total. The second-order valence-electron chi connectivity index (χ2n) is 5.47. The number of aliphatic hydroxyl groups excluding tert-OH is 1. The van der Waals surface area contributed by atoms with E-state index >= 15 is 0 Å². The van der Waals surface area contributed by atoms with Crippen molar-refractivity contribution in [2.24, 2.45) is 11.8 Å². The van der Waals surface area contributed by atoms with Crippen molar-refractivity contribution in [3.63, 3.8) is 0 Å². The van der Waals surface area contributed by atoms with Crippen LogP contribution in [0.5, 0.6) is 0 Å². The molecule has 1 heterocycles. The summed E-state index contributed by atoms with van der Waals surface area (Å²) in [5, 5.41) is 16.6. The van der Waals surface area contributed by atoms with Gasteiger partial charge >= 0.3 is 0 Å². The van der Waals surface area contributed by atoms with E-state index in [2.05, 4.69) is 17.3 Å². The summed E-state index contributed by atoms with van der Waals surface area (Å²) in [7, 11) is 0. The first-order valence-corrected chi connectivity index (χ1v) is 7.63. The number of anilines is 1. The summed E-state index contributed by atoms with van der Waals surface area (Å²) in [5.74, 6) is 0.924. The van der Waals surface area contributed by atoms with Gasteiger partial charge in [-0.25, -0.2) is 4.68 Å². The van der Waals surface area contributed by atoms with Gasteiger partial charge in [-0.1, -0.05) is 24.9 Å². The largest absolute Gasteiger partial charge is 0.396 e. The third kappa shape index (κ3) is 3.96. The number of hydrogen-bond acceptors (Lipinski definition) is 4. The summed E-state index contributed by atoms with van der Waals surface area (Å²) in [6.45, 7) is 3.55. The zero-order valence-corrected chi connectivity index (χ0v) is 12.6. The topological polar surface area (TPSA) is 67.2 Å². The second-order valence-corrected chi connectivity index (χ2v) is 5.87. The van der Waals surface area contributed by atoms with Gasteiger partial charge in [-0.2, -0.15) is 5.10 Å². The van der Waals surface area contributed by atoms with Crippen molar-refractivity contribution in [1.82, 2.24) is 9.78 Å². The highest BCUT2D eigenvalue weighted by molar-refractivity contribution is 6.32. The average Bonchev–Trinajstić information content (AvgIpc) is 3.24. The summed E-state index contributed by atoms with van der Waals surface area (Å²) in [5.41, 5.74) is 0.280. The lowest BCUT2D eigenvalue weighted by atomic mass is 10.0. The Morgan fingerprint density at radius 2 is 2.35 bits per heavy atom. The molecule has 1 fully saturated rings. The maximum absolute atomic E-state index is 12.3. The number of hydrogen-bond donors (Lipinski definition) is 2. The molecule has 112 valence electrons. The van der Waals surface area contributed by atoms with Crippen molar-refractivity contribution in [3.8, 4) is 0 Å². The molecule has 0 spiro atoms. The van der Waals surface area contributed by atoms with Crippen LogP contribution in [0, 0.1) is 11.8 Å². The van der Waals surface area contributed by atoms with Crippen molar-refractivity contribution in [3.05, 3.63) is 21.6 Å². The lowest BCUT2D eigenvalue weighted by Crippen LogP contribution is -2.28. The standard InChI is InChI=1S/C14H22ClN3O2/c1-2-10(5-6-19)7-16-13-12(15)8-17-18(14(13)20)9-11-3-4-11/h8,10-11,16,19H,2-7,9H2,1H3. The fraction of sp³-hybridized carbons (Fsp3) is 0.714. The molecular weight excluding hydrogens is 278 g/mol. The van der Waals surface area contributed by atoms with Gasteiger partial charge in [0.1, 0.15) is 5.69 Å². The molecule has 20 heavy (non-hydrogen) atoms. The lowest BCUT2D eigenvalue weighted by Gasteiger charge is -2.16. The van der Waals surface area contributed by atoms with Crippen LogP contribution in [0.4, 0.5) is 5.69 Å². The van der Waals surface area contributed by atoms with Crippen LogP contribution in [-0.2, 0) is 6.54 Å². The second kappa shape index (κ2) is 7.09. The highest BCUT2D eigenvalue weighted by Gasteiger charge is 2.23. The average molecular weight is 300 g/mol. The normalized spacial score (nSPS) is 16.1. The van der Waals surface area contributed by atoms with Gasteiger partial charge in [0.25, 0.3) is 5.56 Å². The first-order chi connectivity index (χ1) is 9.65. The minimum absolute atomic E-state index is 0.150. The van der Waals surface area contributed by atoms with Crippen LogP contribution in [0.15, 0.2) is 11.0 Å². The molecule has 1 aromatic rings. The van der Waals surface area contributed by atoms with Crippen LogP contribution in [0.25, 0.3) is 0 Å².